The second kappa shape index (κ2) is 10.1. The Kier molecular flexibility index (Phi) is 10.9. The monoisotopic (exact) mass is 294 g/mol. The van der Waals surface area contributed by atoms with Crippen LogP contribution in [0.15, 0.2) is 18.6 Å². The Labute approximate surface area is 120 Å². The van der Waals surface area contributed by atoms with Crippen molar-refractivity contribution in [3.8, 4) is 0 Å². The molecule has 1 amide bonds. The Morgan fingerprint density at radius 3 is 2.50 bits per heavy atom. The van der Waals surface area contributed by atoms with Crippen LogP contribution in [0.25, 0.3) is 0 Å². The summed E-state index contributed by atoms with van der Waals surface area (Å²) in [7, 11) is 0. The number of hydrogen-bond acceptors (Lipinski definition) is 4. The van der Waals surface area contributed by atoms with Crippen molar-refractivity contribution in [1.82, 2.24) is 15.3 Å². The number of carbonyl (C=O) groups excluding carboxylic acids is 1. The Morgan fingerprint density at radius 2 is 2.06 bits per heavy atom. The van der Waals surface area contributed by atoms with Crippen LogP contribution in [0.3, 0.4) is 0 Å². The molecular weight excluding hydrogens is 275 g/mol. The van der Waals surface area contributed by atoms with Gasteiger partial charge in [0.15, 0.2) is 0 Å². The lowest BCUT2D eigenvalue weighted by Crippen LogP contribution is -2.41. The molecule has 0 saturated carbocycles. The smallest absolute Gasteiger partial charge is 0.271 e. The molecule has 0 aliphatic carbocycles. The third-order valence-corrected chi connectivity index (χ3v) is 2.17. The molecule has 0 radical (unpaired) electrons. The molecule has 0 aliphatic rings. The van der Waals surface area contributed by atoms with Gasteiger partial charge in [0.2, 0.25) is 0 Å². The molecule has 1 atom stereocenters. The van der Waals surface area contributed by atoms with E-state index >= 15 is 0 Å². The quantitative estimate of drug-likeness (QED) is 0.861. The van der Waals surface area contributed by atoms with E-state index in [1.54, 1.807) is 0 Å². The molecule has 5 nitrogen and oxygen atoms in total. The number of nitrogens with one attached hydrogen (secondary N) is 1. The highest BCUT2D eigenvalue weighted by Crippen LogP contribution is 2.04. The highest BCUT2D eigenvalue weighted by atomic mass is 35.5. The molecule has 0 saturated heterocycles. The maximum atomic E-state index is 11.7. The third kappa shape index (κ3) is 6.74. The molecule has 104 valence electrons. The van der Waals surface area contributed by atoms with Gasteiger partial charge in [0.1, 0.15) is 5.69 Å². The standard InChI is InChI=1S/C11H18N4O.2ClH/c1-8(2)5-9(6-12)15-11(16)10-7-13-3-4-14-10;;/h3-4,7-9H,5-6,12H2,1-2H3,(H,15,16);2*1H. The maximum Gasteiger partial charge on any atom is 0.271 e. The van der Waals surface area contributed by atoms with Gasteiger partial charge in [0.05, 0.1) is 6.20 Å². The highest BCUT2D eigenvalue weighted by molar-refractivity contribution is 5.92. The SMILES string of the molecule is CC(C)CC(CN)NC(=O)c1cnccn1.Cl.Cl. The summed E-state index contributed by atoms with van der Waals surface area (Å²) in [5.41, 5.74) is 5.92. The van der Waals surface area contributed by atoms with Crippen LogP contribution in [0.5, 0.6) is 0 Å². The minimum Gasteiger partial charge on any atom is -0.347 e. The molecule has 0 bridgehead atoms. The minimum absolute atomic E-state index is 0. The van der Waals surface area contributed by atoms with Crippen LogP contribution in [-0.2, 0) is 0 Å². The zero-order valence-electron chi connectivity index (χ0n) is 10.5. The molecule has 0 aromatic carbocycles. The Hall–Kier alpha value is -0.910. The molecule has 0 aliphatic heterocycles. The predicted molar refractivity (Wildman–Crippen MR) is 76.3 cm³/mol. The van der Waals surface area contributed by atoms with Gasteiger partial charge in [-0.3, -0.25) is 9.78 Å². The van der Waals surface area contributed by atoms with Crippen LogP contribution in [0.4, 0.5) is 0 Å². The Morgan fingerprint density at radius 1 is 1.39 bits per heavy atom. The second-order valence-electron chi connectivity index (χ2n) is 4.13. The predicted octanol–water partition coefficient (Wildman–Crippen LogP) is 1.42. The fourth-order valence-electron chi connectivity index (χ4n) is 1.46. The first kappa shape index (κ1) is 19.4. The average molecular weight is 295 g/mol. The van der Waals surface area contributed by atoms with Crippen molar-refractivity contribution >= 4 is 30.7 Å². The summed E-state index contributed by atoms with van der Waals surface area (Å²) >= 11 is 0. The van der Waals surface area contributed by atoms with Crippen molar-refractivity contribution in [1.29, 1.82) is 0 Å². The van der Waals surface area contributed by atoms with E-state index in [1.165, 1.54) is 18.6 Å². The minimum atomic E-state index is -0.218. The van der Waals surface area contributed by atoms with E-state index in [1.807, 2.05) is 0 Å². The first-order valence-corrected chi connectivity index (χ1v) is 5.40. The summed E-state index contributed by atoms with van der Waals surface area (Å²) in [4.78, 5) is 19.5. The van der Waals surface area contributed by atoms with Gasteiger partial charge in [0, 0.05) is 25.0 Å². The van der Waals surface area contributed by atoms with E-state index in [0.717, 1.165) is 6.42 Å². The van der Waals surface area contributed by atoms with Gasteiger partial charge in [0.25, 0.3) is 5.91 Å². The van der Waals surface area contributed by atoms with Gasteiger partial charge in [-0.05, 0) is 12.3 Å². The van der Waals surface area contributed by atoms with Crippen LogP contribution < -0.4 is 11.1 Å². The van der Waals surface area contributed by atoms with E-state index in [-0.39, 0.29) is 36.8 Å². The number of rotatable bonds is 5. The molecule has 1 unspecified atom stereocenters. The van der Waals surface area contributed by atoms with E-state index < -0.39 is 0 Å². The van der Waals surface area contributed by atoms with Crippen molar-refractivity contribution < 1.29 is 4.79 Å². The van der Waals surface area contributed by atoms with Crippen molar-refractivity contribution in [2.24, 2.45) is 11.7 Å². The van der Waals surface area contributed by atoms with E-state index in [9.17, 15) is 4.79 Å². The van der Waals surface area contributed by atoms with Gasteiger partial charge in [-0.2, -0.15) is 0 Å². The van der Waals surface area contributed by atoms with Crippen molar-refractivity contribution in [3.05, 3.63) is 24.3 Å². The fraction of sp³-hybridized carbons (Fsp3) is 0.545. The number of halogens is 2. The maximum absolute atomic E-state index is 11.7. The summed E-state index contributed by atoms with van der Waals surface area (Å²) in [5, 5.41) is 2.85. The van der Waals surface area contributed by atoms with Crippen LogP contribution in [-0.4, -0.2) is 28.5 Å². The van der Waals surface area contributed by atoms with E-state index in [4.69, 9.17) is 5.73 Å². The topological polar surface area (TPSA) is 80.9 Å². The third-order valence-electron chi connectivity index (χ3n) is 2.17. The van der Waals surface area contributed by atoms with Gasteiger partial charge in [-0.15, -0.1) is 24.8 Å². The zero-order chi connectivity index (χ0) is 12.0. The first-order chi connectivity index (χ1) is 7.63. The van der Waals surface area contributed by atoms with Gasteiger partial charge >= 0.3 is 0 Å². The summed E-state index contributed by atoms with van der Waals surface area (Å²) < 4.78 is 0. The van der Waals surface area contributed by atoms with Crippen LogP contribution >= 0.6 is 24.8 Å². The molecule has 1 aromatic heterocycles. The molecular formula is C11H20Cl2N4O. The van der Waals surface area contributed by atoms with Crippen LogP contribution in [0, 0.1) is 5.92 Å². The molecule has 0 spiro atoms. The molecule has 1 rings (SSSR count). The largest absolute Gasteiger partial charge is 0.347 e. The molecule has 1 aromatic rings. The van der Waals surface area contributed by atoms with Gasteiger partial charge < -0.3 is 11.1 Å². The lowest BCUT2D eigenvalue weighted by atomic mass is 10.0. The molecule has 0 fully saturated rings. The highest BCUT2D eigenvalue weighted by Gasteiger charge is 2.14. The van der Waals surface area contributed by atoms with Crippen LogP contribution in [0.1, 0.15) is 30.8 Å². The number of amides is 1. The van der Waals surface area contributed by atoms with Gasteiger partial charge in [-0.25, -0.2) is 4.98 Å². The molecule has 18 heavy (non-hydrogen) atoms. The number of aromatic nitrogens is 2. The zero-order valence-corrected chi connectivity index (χ0v) is 12.1. The summed E-state index contributed by atoms with van der Waals surface area (Å²) in [6, 6.07) is -0.00509. The number of carbonyl (C=O) groups is 1. The van der Waals surface area contributed by atoms with Crippen LogP contribution in [0.2, 0.25) is 0 Å². The van der Waals surface area contributed by atoms with Crippen molar-refractivity contribution in [2.75, 3.05) is 6.54 Å². The fourth-order valence-corrected chi connectivity index (χ4v) is 1.46. The molecule has 3 N–H and O–H groups in total. The Balaban J connectivity index is 0. The molecule has 1 heterocycles. The average Bonchev–Trinajstić information content (AvgIpc) is 2.28. The van der Waals surface area contributed by atoms with E-state index in [0.29, 0.717) is 18.2 Å². The van der Waals surface area contributed by atoms with Crippen molar-refractivity contribution in [2.45, 2.75) is 26.3 Å². The number of nitrogens with two attached hydrogens (primary N) is 1. The number of hydrogen-bond donors (Lipinski definition) is 2. The summed E-state index contributed by atoms with van der Waals surface area (Å²) in [6.45, 7) is 4.62. The van der Waals surface area contributed by atoms with Crippen molar-refractivity contribution in [3.63, 3.8) is 0 Å². The first-order valence-electron chi connectivity index (χ1n) is 5.40. The second-order valence-corrected chi connectivity index (χ2v) is 4.13. The summed E-state index contributed by atoms with van der Waals surface area (Å²) in [6.07, 6.45) is 5.33. The van der Waals surface area contributed by atoms with E-state index in [2.05, 4.69) is 29.1 Å². The normalized spacial score (nSPS) is 11.1. The number of nitrogens with zero attached hydrogens (tertiary/aromatic N) is 2. The van der Waals surface area contributed by atoms with Gasteiger partial charge in [-0.1, -0.05) is 13.8 Å². The molecule has 7 heteroatoms. The lowest BCUT2D eigenvalue weighted by Gasteiger charge is -2.18. The Bertz CT molecular complexity index is 335. The summed E-state index contributed by atoms with van der Waals surface area (Å²) in [5.74, 6) is 0.278. The lowest BCUT2D eigenvalue weighted by molar-refractivity contribution is 0.0928.